The zero-order valence-corrected chi connectivity index (χ0v) is 16.3. The molecule has 3 rings (SSSR count). The fourth-order valence-electron chi connectivity index (χ4n) is 3.26. The summed E-state index contributed by atoms with van der Waals surface area (Å²) in [5.41, 5.74) is 6.41. The molecule has 0 N–H and O–H groups in total. The lowest BCUT2D eigenvalue weighted by atomic mass is 10.0. The van der Waals surface area contributed by atoms with Gasteiger partial charge in [0.25, 0.3) is 0 Å². The Bertz CT molecular complexity index is 965. The molecule has 3 heterocycles. The molecule has 3 aromatic rings. The second kappa shape index (κ2) is 8.24. The van der Waals surface area contributed by atoms with E-state index in [1.165, 1.54) is 0 Å². The molecular weight excluding hydrogens is 342 g/mol. The summed E-state index contributed by atoms with van der Waals surface area (Å²) in [5.74, 6) is 0.633. The first-order chi connectivity index (χ1) is 13.1. The quantitative estimate of drug-likeness (QED) is 0.560. The first kappa shape index (κ1) is 18.9. The van der Waals surface area contributed by atoms with Crippen molar-refractivity contribution in [2.24, 2.45) is 5.18 Å². The molecular formula is C20H25N5O2. The highest BCUT2D eigenvalue weighted by Crippen LogP contribution is 2.29. The van der Waals surface area contributed by atoms with Crippen LogP contribution in [0.1, 0.15) is 37.7 Å². The predicted octanol–water partition coefficient (Wildman–Crippen LogP) is 4.09. The van der Waals surface area contributed by atoms with Gasteiger partial charge >= 0.3 is 0 Å². The van der Waals surface area contributed by atoms with Gasteiger partial charge in [-0.2, -0.15) is 4.91 Å². The third-order valence-corrected chi connectivity index (χ3v) is 4.54. The monoisotopic (exact) mass is 367 g/mol. The van der Waals surface area contributed by atoms with Crippen LogP contribution < -0.4 is 4.74 Å². The fourth-order valence-corrected chi connectivity index (χ4v) is 3.26. The average molecular weight is 367 g/mol. The van der Waals surface area contributed by atoms with Crippen molar-refractivity contribution in [3.05, 3.63) is 40.2 Å². The number of nitroso groups, excluding NO2 is 1. The number of aryl methyl sites for hydroxylation is 3. The van der Waals surface area contributed by atoms with E-state index in [-0.39, 0.29) is 6.54 Å². The number of hydrogen-bond acceptors (Lipinski definition) is 6. The third kappa shape index (κ3) is 3.67. The molecule has 0 saturated carbocycles. The van der Waals surface area contributed by atoms with E-state index in [0.29, 0.717) is 19.0 Å². The van der Waals surface area contributed by atoms with E-state index in [2.05, 4.69) is 24.0 Å². The van der Waals surface area contributed by atoms with E-state index in [1.807, 2.05) is 36.7 Å². The van der Waals surface area contributed by atoms with Gasteiger partial charge in [0.1, 0.15) is 5.52 Å². The third-order valence-electron chi connectivity index (χ3n) is 4.54. The molecule has 0 aromatic carbocycles. The SMILES string of the molecule is CCOc1ccc(-c2nc3c(C)cn(CCN=O)c3nc2CC)c(CC)n1. The van der Waals surface area contributed by atoms with Crippen molar-refractivity contribution in [3.63, 3.8) is 0 Å². The Morgan fingerprint density at radius 3 is 2.52 bits per heavy atom. The average Bonchev–Trinajstić information content (AvgIpc) is 3.00. The van der Waals surface area contributed by atoms with Crippen LogP contribution >= 0.6 is 0 Å². The van der Waals surface area contributed by atoms with Crippen LogP contribution in [0.15, 0.2) is 23.5 Å². The number of hydrogen-bond donors (Lipinski definition) is 0. The summed E-state index contributed by atoms with van der Waals surface area (Å²) < 4.78 is 7.50. The Balaban J connectivity index is 2.17. The van der Waals surface area contributed by atoms with Crippen molar-refractivity contribution in [2.75, 3.05) is 13.2 Å². The van der Waals surface area contributed by atoms with Gasteiger partial charge in [-0.3, -0.25) is 0 Å². The van der Waals surface area contributed by atoms with Crippen molar-refractivity contribution in [1.82, 2.24) is 19.5 Å². The maximum Gasteiger partial charge on any atom is 0.213 e. The van der Waals surface area contributed by atoms with Gasteiger partial charge in [0.2, 0.25) is 5.88 Å². The van der Waals surface area contributed by atoms with E-state index in [4.69, 9.17) is 14.7 Å². The Labute approximate surface area is 158 Å². The highest BCUT2D eigenvalue weighted by molar-refractivity contribution is 5.80. The number of ether oxygens (including phenoxy) is 1. The highest BCUT2D eigenvalue weighted by Gasteiger charge is 2.18. The van der Waals surface area contributed by atoms with Gasteiger partial charge in [0.15, 0.2) is 5.65 Å². The molecule has 0 aliphatic rings. The smallest absolute Gasteiger partial charge is 0.213 e. The van der Waals surface area contributed by atoms with Gasteiger partial charge in [-0.05, 0) is 38.3 Å². The Morgan fingerprint density at radius 2 is 1.85 bits per heavy atom. The number of aromatic nitrogens is 4. The number of pyridine rings is 1. The van der Waals surface area contributed by atoms with Crippen molar-refractivity contribution in [3.8, 4) is 17.1 Å². The topological polar surface area (TPSA) is 82.3 Å². The minimum Gasteiger partial charge on any atom is -0.478 e. The van der Waals surface area contributed by atoms with Crippen LogP contribution in [0.4, 0.5) is 0 Å². The van der Waals surface area contributed by atoms with Crippen LogP contribution in [-0.2, 0) is 19.4 Å². The molecule has 7 heteroatoms. The standard InChI is InChI=1S/C20H25N5O2/c1-5-15-14(8-9-17(22-15)27-7-3)19-16(6-2)23-20-18(24-19)13(4)12-25(20)11-10-21-26/h8-9,12H,5-7,10-11H2,1-4H3. The second-order valence-corrected chi connectivity index (χ2v) is 6.33. The molecule has 0 bridgehead atoms. The molecule has 0 spiro atoms. The fraction of sp³-hybridized carbons (Fsp3) is 0.450. The lowest BCUT2D eigenvalue weighted by Gasteiger charge is -2.13. The van der Waals surface area contributed by atoms with Crippen LogP contribution in [-0.4, -0.2) is 32.7 Å². The molecule has 3 aromatic heterocycles. The highest BCUT2D eigenvalue weighted by atomic mass is 16.5. The van der Waals surface area contributed by atoms with Crippen LogP contribution in [0.5, 0.6) is 5.88 Å². The minimum absolute atomic E-state index is 0.219. The summed E-state index contributed by atoms with van der Waals surface area (Å²) in [6.07, 6.45) is 3.52. The summed E-state index contributed by atoms with van der Waals surface area (Å²) in [6, 6.07) is 3.91. The first-order valence-corrected chi connectivity index (χ1v) is 9.41. The van der Waals surface area contributed by atoms with E-state index >= 15 is 0 Å². The summed E-state index contributed by atoms with van der Waals surface area (Å²) in [7, 11) is 0. The van der Waals surface area contributed by atoms with Gasteiger partial charge in [0, 0.05) is 24.4 Å². The lowest BCUT2D eigenvalue weighted by Crippen LogP contribution is -2.05. The van der Waals surface area contributed by atoms with Crippen molar-refractivity contribution in [1.29, 1.82) is 0 Å². The Morgan fingerprint density at radius 1 is 1.07 bits per heavy atom. The molecule has 0 fully saturated rings. The van der Waals surface area contributed by atoms with Gasteiger partial charge < -0.3 is 9.30 Å². The minimum atomic E-state index is 0.219. The van der Waals surface area contributed by atoms with Crippen molar-refractivity contribution < 1.29 is 4.74 Å². The van der Waals surface area contributed by atoms with Gasteiger partial charge in [-0.25, -0.2) is 15.0 Å². The van der Waals surface area contributed by atoms with Crippen LogP contribution in [0.25, 0.3) is 22.4 Å². The Hall–Kier alpha value is -2.83. The van der Waals surface area contributed by atoms with E-state index < -0.39 is 0 Å². The van der Waals surface area contributed by atoms with Crippen LogP contribution in [0.3, 0.4) is 0 Å². The Kier molecular flexibility index (Phi) is 5.78. The van der Waals surface area contributed by atoms with Crippen molar-refractivity contribution >= 4 is 11.2 Å². The normalized spacial score (nSPS) is 11.1. The molecule has 27 heavy (non-hydrogen) atoms. The van der Waals surface area contributed by atoms with Crippen LogP contribution in [0.2, 0.25) is 0 Å². The second-order valence-electron chi connectivity index (χ2n) is 6.33. The van der Waals surface area contributed by atoms with E-state index in [0.717, 1.165) is 52.2 Å². The summed E-state index contributed by atoms with van der Waals surface area (Å²) in [6.45, 7) is 9.42. The van der Waals surface area contributed by atoms with Crippen molar-refractivity contribution in [2.45, 2.75) is 47.1 Å². The van der Waals surface area contributed by atoms with E-state index in [9.17, 15) is 4.91 Å². The molecule has 0 unspecified atom stereocenters. The maximum atomic E-state index is 10.5. The molecule has 0 aliphatic carbocycles. The lowest BCUT2D eigenvalue weighted by molar-refractivity contribution is 0.326. The van der Waals surface area contributed by atoms with Crippen LogP contribution in [0, 0.1) is 11.8 Å². The molecule has 0 radical (unpaired) electrons. The molecule has 0 amide bonds. The largest absolute Gasteiger partial charge is 0.478 e. The summed E-state index contributed by atoms with van der Waals surface area (Å²) in [4.78, 5) is 25.0. The van der Waals surface area contributed by atoms with Gasteiger partial charge in [-0.1, -0.05) is 19.0 Å². The predicted molar refractivity (Wildman–Crippen MR) is 106 cm³/mol. The maximum absolute atomic E-state index is 10.5. The molecule has 0 aliphatic heterocycles. The zero-order chi connectivity index (χ0) is 19.4. The molecule has 7 nitrogen and oxygen atoms in total. The molecule has 0 atom stereocenters. The first-order valence-electron chi connectivity index (χ1n) is 9.41. The number of nitrogens with zero attached hydrogens (tertiary/aromatic N) is 5. The van der Waals surface area contributed by atoms with E-state index in [1.54, 1.807) is 0 Å². The zero-order valence-electron chi connectivity index (χ0n) is 16.3. The van der Waals surface area contributed by atoms with Gasteiger partial charge in [0.05, 0.1) is 30.2 Å². The number of rotatable bonds is 8. The molecule has 142 valence electrons. The summed E-state index contributed by atoms with van der Waals surface area (Å²) in [5, 5.41) is 2.96. The number of fused-ring (bicyclic) bond motifs is 1. The summed E-state index contributed by atoms with van der Waals surface area (Å²) >= 11 is 0. The molecule has 0 saturated heterocycles. The van der Waals surface area contributed by atoms with Gasteiger partial charge in [-0.15, -0.1) is 0 Å².